The summed E-state index contributed by atoms with van der Waals surface area (Å²) in [7, 11) is 0. The molecule has 0 radical (unpaired) electrons. The molecule has 0 bridgehead atoms. The minimum Gasteiger partial charge on any atom is -0.445 e. The molecule has 1 aliphatic heterocycles. The van der Waals surface area contributed by atoms with Crippen LogP contribution in [0, 0.1) is 0 Å². The highest BCUT2D eigenvalue weighted by atomic mass is 16.6. The average Bonchev–Trinajstić information content (AvgIpc) is 3.59. The maximum atomic E-state index is 12.8. The maximum Gasteiger partial charge on any atom is 0.410 e. The lowest BCUT2D eigenvalue weighted by molar-refractivity contribution is 0.0880. The van der Waals surface area contributed by atoms with Gasteiger partial charge in [-0.15, -0.1) is 0 Å². The molecule has 1 N–H and O–H groups in total. The van der Waals surface area contributed by atoms with E-state index in [1.54, 1.807) is 4.90 Å². The fraction of sp³-hybridized carbons (Fsp3) is 0.300. The Kier molecular flexibility index (Phi) is 7.21. The van der Waals surface area contributed by atoms with E-state index in [0.29, 0.717) is 23.6 Å². The van der Waals surface area contributed by atoms with Crippen LogP contribution in [0.15, 0.2) is 77.2 Å². The van der Waals surface area contributed by atoms with E-state index in [9.17, 15) is 9.59 Å². The molecule has 7 heteroatoms. The highest BCUT2D eigenvalue weighted by molar-refractivity contribution is 5.95. The Bertz CT molecular complexity index is 1380. The van der Waals surface area contributed by atoms with E-state index < -0.39 is 0 Å². The molecule has 2 atom stereocenters. The molecule has 1 aliphatic rings. The van der Waals surface area contributed by atoms with Crippen molar-refractivity contribution in [1.29, 1.82) is 0 Å². The number of likely N-dealkylation sites (tertiary alicyclic amines) is 1. The third kappa shape index (κ3) is 5.50. The molecule has 2 heterocycles. The lowest BCUT2D eigenvalue weighted by atomic mass is 10.0. The van der Waals surface area contributed by atoms with Gasteiger partial charge < -0.3 is 14.5 Å². The lowest BCUT2D eigenvalue weighted by Crippen LogP contribution is -2.31. The van der Waals surface area contributed by atoms with Crippen LogP contribution in [0.1, 0.15) is 61.0 Å². The number of nitrogens with zero attached hydrogens (tertiary/aromatic N) is 2. The first kappa shape index (κ1) is 24.6. The Morgan fingerprint density at radius 3 is 2.59 bits per heavy atom. The van der Waals surface area contributed by atoms with E-state index >= 15 is 0 Å². The Balaban J connectivity index is 1.30. The molecule has 2 amide bonds. The van der Waals surface area contributed by atoms with Gasteiger partial charge in [0.2, 0.25) is 5.89 Å². The number of benzene rings is 3. The van der Waals surface area contributed by atoms with Crippen molar-refractivity contribution in [2.75, 3.05) is 6.54 Å². The average molecular weight is 498 g/mol. The van der Waals surface area contributed by atoms with Gasteiger partial charge >= 0.3 is 6.09 Å². The molecule has 1 fully saturated rings. The number of hydrogen-bond donors (Lipinski definition) is 1. The zero-order chi connectivity index (χ0) is 25.8. The quantitative estimate of drug-likeness (QED) is 0.315. The van der Waals surface area contributed by atoms with E-state index in [0.717, 1.165) is 41.5 Å². The summed E-state index contributed by atoms with van der Waals surface area (Å²) in [6, 6.07) is 22.9. The summed E-state index contributed by atoms with van der Waals surface area (Å²) in [5, 5.41) is 2.99. The smallest absolute Gasteiger partial charge is 0.410 e. The fourth-order valence-electron chi connectivity index (χ4n) is 4.53. The van der Waals surface area contributed by atoms with E-state index in [-0.39, 0.29) is 30.7 Å². The van der Waals surface area contributed by atoms with Gasteiger partial charge in [-0.1, -0.05) is 55.5 Å². The van der Waals surface area contributed by atoms with Crippen molar-refractivity contribution in [3.8, 4) is 11.1 Å². The van der Waals surface area contributed by atoms with Crippen LogP contribution in [0.5, 0.6) is 0 Å². The predicted octanol–water partition coefficient (Wildman–Crippen LogP) is 6.50. The van der Waals surface area contributed by atoms with Crippen molar-refractivity contribution in [2.24, 2.45) is 0 Å². The Morgan fingerprint density at radius 2 is 1.84 bits per heavy atom. The number of ether oxygens (including phenoxy) is 1. The van der Waals surface area contributed by atoms with Crippen LogP contribution in [0.25, 0.3) is 22.2 Å². The minimum atomic E-state index is -0.355. The van der Waals surface area contributed by atoms with Gasteiger partial charge in [0.05, 0.1) is 0 Å². The monoisotopic (exact) mass is 497 g/mol. The molecule has 1 aromatic heterocycles. The number of hydrogen-bond acceptors (Lipinski definition) is 5. The molecule has 37 heavy (non-hydrogen) atoms. The second-order valence-electron chi connectivity index (χ2n) is 9.49. The standard InChI is InChI=1S/C30H31N3O4/c1-3-20(2)31-28(34)23-13-11-22(12-14-23)24-15-16-25-27(18-24)37-29(32-25)26-10-7-17-33(26)30(35)36-19-21-8-5-4-6-9-21/h4-6,8-9,11-16,18,20,26H,3,7,10,17,19H2,1-2H3,(H,31,34)/t20?,26-/m0/s1. The van der Waals surface area contributed by atoms with Gasteiger partial charge in [-0.3, -0.25) is 9.69 Å². The molecule has 0 aliphatic carbocycles. The van der Waals surface area contributed by atoms with Crippen molar-refractivity contribution in [1.82, 2.24) is 15.2 Å². The summed E-state index contributed by atoms with van der Waals surface area (Å²) in [6.07, 6.45) is 2.18. The molecule has 5 rings (SSSR count). The van der Waals surface area contributed by atoms with Gasteiger partial charge in [0.25, 0.3) is 5.91 Å². The Morgan fingerprint density at radius 1 is 1.08 bits per heavy atom. The molecule has 0 spiro atoms. The number of nitrogens with one attached hydrogen (secondary N) is 1. The van der Waals surface area contributed by atoms with Gasteiger partial charge in [-0.25, -0.2) is 9.78 Å². The zero-order valence-electron chi connectivity index (χ0n) is 21.1. The first-order valence-corrected chi connectivity index (χ1v) is 12.8. The molecular formula is C30H31N3O4. The third-order valence-corrected chi connectivity index (χ3v) is 6.85. The lowest BCUT2D eigenvalue weighted by Gasteiger charge is -2.21. The van der Waals surface area contributed by atoms with Crippen LogP contribution >= 0.6 is 0 Å². The number of amides is 2. The van der Waals surface area contributed by atoms with Gasteiger partial charge in [-0.05, 0) is 67.1 Å². The fourth-order valence-corrected chi connectivity index (χ4v) is 4.53. The van der Waals surface area contributed by atoms with E-state index in [1.807, 2.05) is 86.6 Å². The van der Waals surface area contributed by atoms with Gasteiger partial charge in [0, 0.05) is 18.2 Å². The van der Waals surface area contributed by atoms with Crippen molar-refractivity contribution in [3.63, 3.8) is 0 Å². The van der Waals surface area contributed by atoms with E-state index in [4.69, 9.17) is 9.15 Å². The molecule has 3 aromatic carbocycles. The van der Waals surface area contributed by atoms with Gasteiger partial charge in [0.15, 0.2) is 5.58 Å². The summed E-state index contributed by atoms with van der Waals surface area (Å²) in [5.74, 6) is 0.456. The van der Waals surface area contributed by atoms with Crippen LogP contribution < -0.4 is 5.32 Å². The zero-order valence-corrected chi connectivity index (χ0v) is 21.1. The normalized spacial score (nSPS) is 16.1. The number of aromatic nitrogens is 1. The second-order valence-corrected chi connectivity index (χ2v) is 9.49. The van der Waals surface area contributed by atoms with E-state index in [1.165, 1.54) is 0 Å². The topological polar surface area (TPSA) is 84.7 Å². The maximum absolute atomic E-state index is 12.8. The predicted molar refractivity (Wildman–Crippen MR) is 142 cm³/mol. The molecule has 1 saturated heterocycles. The highest BCUT2D eigenvalue weighted by Crippen LogP contribution is 2.35. The number of rotatable bonds is 7. The highest BCUT2D eigenvalue weighted by Gasteiger charge is 2.34. The molecule has 190 valence electrons. The number of fused-ring (bicyclic) bond motifs is 1. The summed E-state index contributed by atoms with van der Waals surface area (Å²) >= 11 is 0. The van der Waals surface area contributed by atoms with E-state index in [2.05, 4.69) is 10.3 Å². The number of carbonyl (C=O) groups excluding carboxylic acids is 2. The van der Waals surface area contributed by atoms with Crippen LogP contribution in [0.4, 0.5) is 4.79 Å². The van der Waals surface area contributed by atoms with Crippen LogP contribution in [-0.2, 0) is 11.3 Å². The number of oxazole rings is 1. The Labute approximate surface area is 216 Å². The minimum absolute atomic E-state index is 0.0698. The summed E-state index contributed by atoms with van der Waals surface area (Å²) in [4.78, 5) is 31.6. The second kappa shape index (κ2) is 10.9. The van der Waals surface area contributed by atoms with Crippen LogP contribution in [-0.4, -0.2) is 34.5 Å². The number of carbonyl (C=O) groups is 2. The van der Waals surface area contributed by atoms with Crippen molar-refractivity contribution >= 4 is 23.1 Å². The first-order valence-electron chi connectivity index (χ1n) is 12.8. The third-order valence-electron chi connectivity index (χ3n) is 6.85. The molecule has 7 nitrogen and oxygen atoms in total. The van der Waals surface area contributed by atoms with Crippen molar-refractivity contribution < 1.29 is 18.7 Å². The van der Waals surface area contributed by atoms with Gasteiger partial charge in [0.1, 0.15) is 18.2 Å². The molecule has 1 unspecified atom stereocenters. The molecule has 4 aromatic rings. The summed E-state index contributed by atoms with van der Waals surface area (Å²) < 4.78 is 11.7. The Hall–Kier alpha value is -4.13. The largest absolute Gasteiger partial charge is 0.445 e. The van der Waals surface area contributed by atoms with Crippen molar-refractivity contribution in [3.05, 3.63) is 89.8 Å². The summed E-state index contributed by atoms with van der Waals surface area (Å²) in [5.41, 5.74) is 4.93. The molecule has 0 saturated carbocycles. The van der Waals surface area contributed by atoms with Crippen LogP contribution in [0.2, 0.25) is 0 Å². The van der Waals surface area contributed by atoms with Crippen molar-refractivity contribution in [2.45, 2.75) is 51.8 Å². The molecular weight excluding hydrogens is 466 g/mol. The SMILES string of the molecule is CCC(C)NC(=O)c1ccc(-c2ccc3nc([C@@H]4CCCN4C(=O)OCc4ccccc4)oc3c2)cc1. The first-order chi connectivity index (χ1) is 18.0. The van der Waals surface area contributed by atoms with Crippen LogP contribution in [0.3, 0.4) is 0 Å². The summed E-state index contributed by atoms with van der Waals surface area (Å²) in [6.45, 7) is 4.88. The van der Waals surface area contributed by atoms with Gasteiger partial charge in [-0.2, -0.15) is 0 Å².